The molecule has 2 aliphatic rings. The van der Waals surface area contributed by atoms with Gasteiger partial charge in [-0.05, 0) is 23.4 Å². The molecule has 0 bridgehead atoms. The molecule has 106 valence electrons. The molecule has 0 unspecified atom stereocenters. The number of carbonyl (C=O) groups is 1. The van der Waals surface area contributed by atoms with Crippen molar-refractivity contribution < 1.29 is 9.90 Å². The van der Waals surface area contributed by atoms with E-state index < -0.39 is 5.97 Å². The molecular formula is C16H9N3O3. The Morgan fingerprint density at radius 1 is 1.14 bits per heavy atom. The van der Waals surface area contributed by atoms with Gasteiger partial charge in [-0.2, -0.15) is 0 Å². The third kappa shape index (κ3) is 1.61. The monoisotopic (exact) mass is 291 g/mol. The van der Waals surface area contributed by atoms with Gasteiger partial charge in [0.25, 0.3) is 0 Å². The molecule has 22 heavy (non-hydrogen) atoms. The molecule has 1 heterocycles. The van der Waals surface area contributed by atoms with Crippen molar-refractivity contribution in [2.45, 2.75) is 0 Å². The second-order valence-corrected chi connectivity index (χ2v) is 4.98. The van der Waals surface area contributed by atoms with Crippen molar-refractivity contribution in [3.8, 4) is 11.4 Å². The summed E-state index contributed by atoms with van der Waals surface area (Å²) in [5.41, 5.74) is 2.80. The maximum absolute atomic E-state index is 11.2. The first kappa shape index (κ1) is 12.5. The molecule has 6 nitrogen and oxygen atoms in total. The Morgan fingerprint density at radius 2 is 1.91 bits per heavy atom. The fourth-order valence-corrected chi connectivity index (χ4v) is 2.73. The van der Waals surface area contributed by atoms with Crippen molar-refractivity contribution in [2.24, 2.45) is 5.18 Å². The van der Waals surface area contributed by atoms with E-state index in [1.165, 1.54) is 12.1 Å². The maximum atomic E-state index is 11.2. The number of hydrogen-bond acceptors (Lipinski definition) is 4. The van der Waals surface area contributed by atoms with Crippen LogP contribution >= 0.6 is 0 Å². The number of nitrogens with one attached hydrogen (secondary N) is 1. The highest BCUT2D eigenvalue weighted by Gasteiger charge is 2.21. The number of aromatic amines is 1. The Labute approximate surface area is 123 Å². The molecule has 0 fully saturated rings. The zero-order valence-corrected chi connectivity index (χ0v) is 11.2. The molecule has 6 heteroatoms. The van der Waals surface area contributed by atoms with E-state index >= 15 is 0 Å². The van der Waals surface area contributed by atoms with E-state index in [0.29, 0.717) is 28.1 Å². The second-order valence-electron chi connectivity index (χ2n) is 4.98. The number of nitroso groups, excluding NO2 is 1. The minimum Gasteiger partial charge on any atom is -0.478 e. The van der Waals surface area contributed by atoms with Gasteiger partial charge in [-0.15, -0.1) is 4.91 Å². The predicted molar refractivity (Wildman–Crippen MR) is 82.6 cm³/mol. The summed E-state index contributed by atoms with van der Waals surface area (Å²) in [5.74, 6) is -1.02. The summed E-state index contributed by atoms with van der Waals surface area (Å²) in [5, 5.41) is 13.8. The molecule has 2 N–H and O–H groups in total. The SMILES string of the molecule is O=Nc1c2[nH]c3cc(C(=O)O)ccc3nc-2c2ccccc12. The van der Waals surface area contributed by atoms with Crippen LogP contribution in [0, 0.1) is 4.91 Å². The first-order valence-corrected chi connectivity index (χ1v) is 6.60. The van der Waals surface area contributed by atoms with Crippen LogP contribution in [0.2, 0.25) is 0 Å². The van der Waals surface area contributed by atoms with E-state index in [1.54, 1.807) is 6.07 Å². The van der Waals surface area contributed by atoms with E-state index in [1.807, 2.05) is 24.3 Å². The van der Waals surface area contributed by atoms with Crippen molar-refractivity contribution >= 4 is 33.5 Å². The minimum absolute atomic E-state index is 0.154. The van der Waals surface area contributed by atoms with E-state index in [-0.39, 0.29) is 5.56 Å². The van der Waals surface area contributed by atoms with Gasteiger partial charge in [-0.25, -0.2) is 9.78 Å². The van der Waals surface area contributed by atoms with Crippen LogP contribution in [0.5, 0.6) is 0 Å². The number of rotatable bonds is 2. The standard InChI is InChI=1S/C16H9N3O3/c20-16(21)8-5-6-11-12(7-8)18-15-13(17-11)9-3-1-2-4-10(9)14(15)19-22/h1-7,18H,(H,20,21). The molecule has 0 saturated heterocycles. The summed E-state index contributed by atoms with van der Waals surface area (Å²) >= 11 is 0. The van der Waals surface area contributed by atoms with Crippen molar-refractivity contribution in [1.29, 1.82) is 0 Å². The zero-order valence-electron chi connectivity index (χ0n) is 11.2. The highest BCUT2D eigenvalue weighted by molar-refractivity contribution is 6.11. The van der Waals surface area contributed by atoms with Crippen LogP contribution < -0.4 is 0 Å². The highest BCUT2D eigenvalue weighted by atomic mass is 16.4. The molecule has 0 aromatic heterocycles. The van der Waals surface area contributed by atoms with Crippen LogP contribution in [0.4, 0.5) is 5.69 Å². The van der Waals surface area contributed by atoms with Crippen LogP contribution in [0.3, 0.4) is 0 Å². The third-order valence-corrected chi connectivity index (χ3v) is 3.74. The lowest BCUT2D eigenvalue weighted by Gasteiger charge is -2.05. The van der Waals surface area contributed by atoms with Crippen LogP contribution in [0.15, 0.2) is 47.6 Å². The molecule has 1 aliphatic carbocycles. The maximum Gasteiger partial charge on any atom is 0.335 e. The predicted octanol–water partition coefficient (Wildman–Crippen LogP) is 3.92. The molecule has 1 aliphatic heterocycles. The first-order valence-electron chi connectivity index (χ1n) is 6.60. The molecule has 2 aromatic rings. The Morgan fingerprint density at radius 3 is 2.64 bits per heavy atom. The van der Waals surface area contributed by atoms with Crippen LogP contribution in [-0.4, -0.2) is 21.0 Å². The Kier molecular flexibility index (Phi) is 2.47. The minimum atomic E-state index is -1.02. The average Bonchev–Trinajstić information content (AvgIpc) is 2.85. The summed E-state index contributed by atoms with van der Waals surface area (Å²) in [6.07, 6.45) is 0. The summed E-state index contributed by atoms with van der Waals surface area (Å²) < 4.78 is 0. The molecule has 0 radical (unpaired) electrons. The number of hydrogen-bond donors (Lipinski definition) is 2. The fourth-order valence-electron chi connectivity index (χ4n) is 2.73. The van der Waals surface area contributed by atoms with Gasteiger partial charge < -0.3 is 10.1 Å². The smallest absolute Gasteiger partial charge is 0.335 e. The molecule has 0 spiro atoms. The van der Waals surface area contributed by atoms with Gasteiger partial charge in [0, 0.05) is 10.8 Å². The molecule has 0 saturated carbocycles. The van der Waals surface area contributed by atoms with E-state index in [2.05, 4.69) is 15.1 Å². The first-order chi connectivity index (χ1) is 10.7. The number of fused-ring (bicyclic) bond motifs is 4. The topological polar surface area (TPSA) is 95.4 Å². The van der Waals surface area contributed by atoms with Gasteiger partial charge in [-0.1, -0.05) is 24.3 Å². The number of nitrogens with zero attached hydrogens (tertiary/aromatic N) is 2. The van der Waals surface area contributed by atoms with E-state index in [0.717, 1.165) is 10.8 Å². The summed E-state index contributed by atoms with van der Waals surface area (Å²) in [6, 6.07) is 12.0. The van der Waals surface area contributed by atoms with Crippen molar-refractivity contribution in [3.63, 3.8) is 0 Å². The van der Waals surface area contributed by atoms with Gasteiger partial charge in [0.05, 0.1) is 28.0 Å². The lowest BCUT2D eigenvalue weighted by atomic mass is 10.1. The van der Waals surface area contributed by atoms with Crippen molar-refractivity contribution in [3.05, 3.63) is 52.9 Å². The number of aromatic carboxylic acids is 1. The largest absolute Gasteiger partial charge is 0.478 e. The zero-order chi connectivity index (χ0) is 15.3. The Balaban J connectivity index is 2.17. The third-order valence-electron chi connectivity index (χ3n) is 3.74. The van der Waals surface area contributed by atoms with Gasteiger partial charge in [0.1, 0.15) is 5.69 Å². The van der Waals surface area contributed by atoms with Gasteiger partial charge >= 0.3 is 5.97 Å². The second kappa shape index (κ2) is 4.36. The van der Waals surface area contributed by atoms with Gasteiger partial charge in [-0.3, -0.25) is 0 Å². The van der Waals surface area contributed by atoms with Crippen molar-refractivity contribution in [1.82, 2.24) is 9.97 Å². The Bertz CT molecular complexity index is 1040. The molecule has 2 aromatic carbocycles. The quantitative estimate of drug-likeness (QED) is 0.547. The fraction of sp³-hybridized carbons (Fsp3) is 0. The average molecular weight is 291 g/mol. The number of benzene rings is 2. The van der Waals surface area contributed by atoms with Crippen LogP contribution in [0.1, 0.15) is 10.4 Å². The summed E-state index contributed by atoms with van der Waals surface area (Å²) in [6.45, 7) is 0. The lowest BCUT2D eigenvalue weighted by molar-refractivity contribution is 0.0697. The highest BCUT2D eigenvalue weighted by Crippen LogP contribution is 2.42. The lowest BCUT2D eigenvalue weighted by Crippen LogP contribution is -1.97. The number of carboxylic acids is 1. The molecule has 0 atom stereocenters. The summed E-state index contributed by atoms with van der Waals surface area (Å²) in [4.78, 5) is 29.9. The normalized spacial score (nSPS) is 11.3. The molecular weight excluding hydrogens is 282 g/mol. The van der Waals surface area contributed by atoms with Crippen LogP contribution in [-0.2, 0) is 0 Å². The van der Waals surface area contributed by atoms with Gasteiger partial charge in [0.15, 0.2) is 0 Å². The van der Waals surface area contributed by atoms with Crippen LogP contribution in [0.25, 0.3) is 33.2 Å². The van der Waals surface area contributed by atoms with Crippen molar-refractivity contribution in [2.75, 3.05) is 0 Å². The number of carboxylic acid groups (broad SMARTS) is 1. The number of H-pyrrole nitrogens is 1. The van der Waals surface area contributed by atoms with Gasteiger partial charge in [0.2, 0.25) is 0 Å². The molecule has 0 amide bonds. The summed E-state index contributed by atoms with van der Waals surface area (Å²) in [7, 11) is 0. The number of aromatic nitrogens is 2. The Hall–Kier alpha value is -3.28. The van der Waals surface area contributed by atoms with E-state index in [9.17, 15) is 9.70 Å². The van der Waals surface area contributed by atoms with E-state index in [4.69, 9.17) is 5.11 Å². The molecule has 4 rings (SSSR count).